The number of halogens is 1. The maximum absolute atomic E-state index is 13.0. The molecule has 158 valence electrons. The number of anilines is 2. The lowest BCUT2D eigenvalue weighted by atomic mass is 10.2. The molecule has 0 unspecified atom stereocenters. The van der Waals surface area contributed by atoms with Gasteiger partial charge in [-0.05, 0) is 42.0 Å². The standard InChI is InChI=1S/C19H19FN4O4S2/c1-29(25,26)12-17-10-18(21)23-19(22-17)14-4-8-16(9-5-14)24-30(27,28)11-13-2-6-15(20)7-3-13/h2-10,24H,11-12H2,1H3,(H2,21,22,23). The molecular formula is C19H19FN4O4S2. The summed E-state index contributed by atoms with van der Waals surface area (Å²) in [6.07, 6.45) is 1.10. The number of hydrogen-bond acceptors (Lipinski definition) is 7. The van der Waals surface area contributed by atoms with Crippen LogP contribution in [0.5, 0.6) is 0 Å². The van der Waals surface area contributed by atoms with E-state index in [0.29, 0.717) is 16.8 Å². The van der Waals surface area contributed by atoms with E-state index < -0.39 is 25.7 Å². The van der Waals surface area contributed by atoms with Gasteiger partial charge in [0.1, 0.15) is 11.6 Å². The number of nitrogen functional groups attached to an aromatic ring is 1. The second-order valence-electron chi connectivity index (χ2n) is 6.74. The van der Waals surface area contributed by atoms with Gasteiger partial charge < -0.3 is 5.73 Å². The highest BCUT2D eigenvalue weighted by Gasteiger charge is 2.13. The molecule has 0 spiro atoms. The van der Waals surface area contributed by atoms with Crippen LogP contribution in [0.2, 0.25) is 0 Å². The van der Waals surface area contributed by atoms with Gasteiger partial charge in [-0.3, -0.25) is 4.72 Å². The number of hydrogen-bond donors (Lipinski definition) is 2. The largest absolute Gasteiger partial charge is 0.384 e. The van der Waals surface area contributed by atoms with Gasteiger partial charge >= 0.3 is 0 Å². The molecule has 0 atom stereocenters. The number of nitrogens with one attached hydrogen (secondary N) is 1. The van der Waals surface area contributed by atoms with E-state index in [1.165, 1.54) is 42.5 Å². The van der Waals surface area contributed by atoms with Gasteiger partial charge in [-0.25, -0.2) is 31.2 Å². The van der Waals surface area contributed by atoms with Gasteiger partial charge in [-0.1, -0.05) is 12.1 Å². The van der Waals surface area contributed by atoms with Gasteiger partial charge in [0.15, 0.2) is 15.7 Å². The van der Waals surface area contributed by atoms with Gasteiger partial charge in [-0.2, -0.15) is 0 Å². The molecule has 0 bridgehead atoms. The summed E-state index contributed by atoms with van der Waals surface area (Å²) in [5.41, 5.74) is 7.33. The van der Waals surface area contributed by atoms with Crippen LogP contribution in [-0.2, 0) is 31.4 Å². The fraction of sp³-hybridized carbons (Fsp3) is 0.158. The second kappa shape index (κ2) is 8.36. The van der Waals surface area contributed by atoms with Crippen LogP contribution in [0, 0.1) is 5.82 Å². The lowest BCUT2D eigenvalue weighted by molar-refractivity contribution is 0.598. The fourth-order valence-corrected chi connectivity index (χ4v) is 4.58. The molecule has 0 radical (unpaired) electrons. The van der Waals surface area contributed by atoms with Gasteiger partial charge in [0.2, 0.25) is 10.0 Å². The van der Waals surface area contributed by atoms with Crippen LogP contribution in [0.25, 0.3) is 11.4 Å². The Morgan fingerprint density at radius 1 is 0.933 bits per heavy atom. The summed E-state index contributed by atoms with van der Waals surface area (Å²) >= 11 is 0. The Morgan fingerprint density at radius 2 is 1.57 bits per heavy atom. The predicted molar refractivity (Wildman–Crippen MR) is 113 cm³/mol. The molecule has 3 N–H and O–H groups in total. The maximum atomic E-state index is 13.0. The summed E-state index contributed by atoms with van der Waals surface area (Å²) < 4.78 is 63.1. The van der Waals surface area contributed by atoms with E-state index in [1.54, 1.807) is 12.1 Å². The first-order chi connectivity index (χ1) is 14.0. The quantitative estimate of drug-likeness (QED) is 0.565. The molecule has 3 rings (SSSR count). The molecule has 1 aromatic heterocycles. The van der Waals surface area contributed by atoms with Crippen LogP contribution >= 0.6 is 0 Å². The van der Waals surface area contributed by atoms with Gasteiger partial charge in [0.25, 0.3) is 0 Å². The molecule has 8 nitrogen and oxygen atoms in total. The van der Waals surface area contributed by atoms with E-state index in [2.05, 4.69) is 14.7 Å². The molecular weight excluding hydrogens is 431 g/mol. The molecule has 0 aliphatic heterocycles. The zero-order valence-corrected chi connectivity index (χ0v) is 17.5. The highest BCUT2D eigenvalue weighted by atomic mass is 32.2. The SMILES string of the molecule is CS(=O)(=O)Cc1cc(N)nc(-c2ccc(NS(=O)(=O)Cc3ccc(F)cc3)cc2)n1. The van der Waals surface area contributed by atoms with Crippen molar-refractivity contribution in [3.63, 3.8) is 0 Å². The van der Waals surface area contributed by atoms with Gasteiger partial charge in [-0.15, -0.1) is 0 Å². The van der Waals surface area contributed by atoms with E-state index in [-0.39, 0.29) is 28.8 Å². The smallest absolute Gasteiger partial charge is 0.236 e. The third-order valence-corrected chi connectivity index (χ3v) is 5.98. The third-order valence-electron chi connectivity index (χ3n) is 3.90. The van der Waals surface area contributed by atoms with Gasteiger partial charge in [0.05, 0.1) is 17.2 Å². The number of aromatic nitrogens is 2. The monoisotopic (exact) mass is 450 g/mol. The second-order valence-corrected chi connectivity index (χ2v) is 10.6. The third kappa shape index (κ3) is 6.22. The molecule has 2 aromatic carbocycles. The molecule has 0 fully saturated rings. The van der Waals surface area contributed by atoms with Crippen molar-refractivity contribution in [2.75, 3.05) is 16.7 Å². The van der Waals surface area contributed by atoms with E-state index in [4.69, 9.17) is 5.73 Å². The van der Waals surface area contributed by atoms with E-state index >= 15 is 0 Å². The minimum absolute atomic E-state index is 0.128. The lowest BCUT2D eigenvalue weighted by Gasteiger charge is -2.09. The normalized spacial score (nSPS) is 11.9. The van der Waals surface area contributed by atoms with Crippen LogP contribution in [0.4, 0.5) is 15.9 Å². The number of benzene rings is 2. The molecule has 3 aromatic rings. The Kier molecular flexibility index (Phi) is 6.04. The number of nitrogens with two attached hydrogens (primary N) is 1. The lowest BCUT2D eigenvalue weighted by Crippen LogP contribution is -2.15. The van der Waals surface area contributed by atoms with E-state index in [0.717, 1.165) is 6.26 Å². The summed E-state index contributed by atoms with van der Waals surface area (Å²) in [7, 11) is -6.99. The highest BCUT2D eigenvalue weighted by Crippen LogP contribution is 2.21. The Labute approximate surface area is 174 Å². The van der Waals surface area contributed by atoms with Crippen molar-refractivity contribution in [2.24, 2.45) is 0 Å². The average Bonchev–Trinajstić information content (AvgIpc) is 2.62. The first-order valence-electron chi connectivity index (χ1n) is 8.66. The van der Waals surface area contributed by atoms with Crippen LogP contribution in [0.15, 0.2) is 54.6 Å². The van der Waals surface area contributed by atoms with Crippen LogP contribution in [0.3, 0.4) is 0 Å². The highest BCUT2D eigenvalue weighted by molar-refractivity contribution is 7.92. The van der Waals surface area contributed by atoms with Crippen molar-refractivity contribution in [1.29, 1.82) is 0 Å². The molecule has 0 aliphatic rings. The summed E-state index contributed by atoms with van der Waals surface area (Å²) in [6, 6.07) is 12.8. The number of sulfone groups is 1. The zero-order chi connectivity index (χ0) is 21.9. The summed E-state index contributed by atoms with van der Waals surface area (Å²) in [6.45, 7) is 0. The Bertz CT molecular complexity index is 1260. The van der Waals surface area contributed by atoms with E-state index in [1.807, 2.05) is 0 Å². The molecule has 30 heavy (non-hydrogen) atoms. The van der Waals surface area contributed by atoms with Crippen LogP contribution in [-0.4, -0.2) is 33.1 Å². The first-order valence-corrected chi connectivity index (χ1v) is 12.4. The molecule has 0 saturated carbocycles. The Hall–Kier alpha value is -3.05. The van der Waals surface area contributed by atoms with Crippen molar-refractivity contribution in [2.45, 2.75) is 11.5 Å². The Morgan fingerprint density at radius 3 is 2.17 bits per heavy atom. The van der Waals surface area contributed by atoms with Crippen molar-refractivity contribution >= 4 is 31.4 Å². The minimum Gasteiger partial charge on any atom is -0.384 e. The molecule has 1 heterocycles. The molecule has 11 heteroatoms. The molecule has 0 aliphatic carbocycles. The van der Waals surface area contributed by atoms with Gasteiger partial charge in [0, 0.05) is 23.6 Å². The number of sulfonamides is 1. The number of rotatable bonds is 7. The van der Waals surface area contributed by atoms with Crippen molar-refractivity contribution < 1.29 is 21.2 Å². The zero-order valence-electron chi connectivity index (χ0n) is 15.9. The fourth-order valence-electron chi connectivity index (χ4n) is 2.69. The van der Waals surface area contributed by atoms with Crippen molar-refractivity contribution in [3.8, 4) is 11.4 Å². The first kappa shape index (κ1) is 21.7. The summed E-state index contributed by atoms with van der Waals surface area (Å²) in [4.78, 5) is 8.32. The van der Waals surface area contributed by atoms with Crippen LogP contribution in [0.1, 0.15) is 11.3 Å². The average molecular weight is 451 g/mol. The summed E-state index contributed by atoms with van der Waals surface area (Å²) in [5.74, 6) is -0.656. The van der Waals surface area contributed by atoms with Crippen molar-refractivity contribution in [1.82, 2.24) is 9.97 Å². The predicted octanol–water partition coefficient (Wildman–Crippen LogP) is 2.35. The molecule has 0 amide bonds. The van der Waals surface area contributed by atoms with Crippen LogP contribution < -0.4 is 10.5 Å². The molecule has 0 saturated heterocycles. The maximum Gasteiger partial charge on any atom is 0.236 e. The van der Waals surface area contributed by atoms with Crippen molar-refractivity contribution in [3.05, 3.63) is 71.7 Å². The number of nitrogens with zero attached hydrogens (tertiary/aromatic N) is 2. The summed E-state index contributed by atoms with van der Waals surface area (Å²) in [5, 5.41) is 0. The Balaban J connectivity index is 1.77. The topological polar surface area (TPSA) is 132 Å². The minimum atomic E-state index is -3.70. The van der Waals surface area contributed by atoms with E-state index in [9.17, 15) is 21.2 Å².